The quantitative estimate of drug-likeness (QED) is 0.497. The van der Waals surface area contributed by atoms with Gasteiger partial charge in [-0.25, -0.2) is 0 Å². The van der Waals surface area contributed by atoms with Crippen molar-refractivity contribution in [2.75, 3.05) is 0 Å². The van der Waals surface area contributed by atoms with Gasteiger partial charge in [0, 0.05) is 5.92 Å². The van der Waals surface area contributed by atoms with Crippen molar-refractivity contribution in [2.24, 2.45) is 17.8 Å². The van der Waals surface area contributed by atoms with E-state index in [4.69, 9.17) is 4.74 Å². The van der Waals surface area contributed by atoms with E-state index in [1.807, 2.05) is 0 Å². The highest BCUT2D eigenvalue weighted by atomic mass is 16.6. The molecular weight excluding hydrogens is 144 g/mol. The lowest BCUT2D eigenvalue weighted by molar-refractivity contribution is -0.144. The van der Waals surface area contributed by atoms with Crippen molar-refractivity contribution in [2.45, 2.75) is 25.0 Å². The smallest absolute Gasteiger partial charge is 0.312 e. The number of hydrogen-bond acceptors (Lipinski definition) is 3. The summed E-state index contributed by atoms with van der Waals surface area (Å²) in [5.74, 6) is 0.371. The van der Waals surface area contributed by atoms with Crippen molar-refractivity contribution in [3.63, 3.8) is 0 Å². The van der Waals surface area contributed by atoms with Crippen LogP contribution in [-0.4, -0.2) is 23.3 Å². The van der Waals surface area contributed by atoms with E-state index in [1.54, 1.807) is 0 Å². The van der Waals surface area contributed by atoms with Crippen LogP contribution in [0.15, 0.2) is 0 Å². The summed E-state index contributed by atoms with van der Waals surface area (Å²) >= 11 is 0. The lowest BCUT2D eigenvalue weighted by Crippen LogP contribution is -2.30. The summed E-state index contributed by atoms with van der Waals surface area (Å²) < 4.78 is 5.11. The van der Waals surface area contributed by atoms with Crippen LogP contribution in [0.4, 0.5) is 0 Å². The highest BCUT2D eigenvalue weighted by molar-refractivity contribution is 5.77. The maximum Gasteiger partial charge on any atom is 0.312 e. The van der Waals surface area contributed by atoms with Gasteiger partial charge in [0.15, 0.2) is 0 Å². The Bertz CT molecular complexity index is 223. The third kappa shape index (κ3) is 0.527. The third-order valence-corrected chi connectivity index (χ3v) is 3.44. The van der Waals surface area contributed by atoms with Gasteiger partial charge in [0.2, 0.25) is 0 Å². The Morgan fingerprint density at radius 3 is 2.91 bits per heavy atom. The van der Waals surface area contributed by atoms with Gasteiger partial charge in [-0.2, -0.15) is 0 Å². The summed E-state index contributed by atoms with van der Waals surface area (Å²) in [6.45, 7) is 0. The summed E-state index contributed by atoms with van der Waals surface area (Å²) in [6, 6.07) is 0. The maximum absolute atomic E-state index is 11.1. The van der Waals surface area contributed by atoms with E-state index in [1.165, 1.54) is 0 Å². The van der Waals surface area contributed by atoms with Crippen LogP contribution in [0, 0.1) is 17.8 Å². The number of carbonyl (C=O) groups excluding carboxylic acids is 1. The molecule has 0 radical (unpaired) electrons. The molecule has 0 spiro atoms. The summed E-state index contributed by atoms with van der Waals surface area (Å²) in [7, 11) is 0. The molecule has 11 heavy (non-hydrogen) atoms. The molecule has 2 bridgehead atoms. The number of esters is 1. The monoisotopic (exact) mass is 154 g/mol. The zero-order valence-corrected chi connectivity index (χ0v) is 6.06. The van der Waals surface area contributed by atoms with E-state index < -0.39 is 6.10 Å². The van der Waals surface area contributed by atoms with Crippen molar-refractivity contribution in [3.8, 4) is 0 Å². The van der Waals surface area contributed by atoms with Crippen molar-refractivity contribution in [1.29, 1.82) is 0 Å². The van der Waals surface area contributed by atoms with Crippen molar-refractivity contribution < 1.29 is 14.6 Å². The van der Waals surface area contributed by atoms with Gasteiger partial charge in [-0.3, -0.25) is 4.79 Å². The molecule has 3 nitrogen and oxygen atoms in total. The van der Waals surface area contributed by atoms with Crippen LogP contribution in [0.2, 0.25) is 0 Å². The van der Waals surface area contributed by atoms with Gasteiger partial charge in [-0.05, 0) is 18.8 Å². The van der Waals surface area contributed by atoms with Crippen LogP contribution in [0.3, 0.4) is 0 Å². The Labute approximate surface area is 64.3 Å². The first-order valence-corrected chi connectivity index (χ1v) is 4.16. The molecule has 3 rings (SSSR count). The van der Waals surface area contributed by atoms with E-state index in [0.29, 0.717) is 11.8 Å². The number of hydrogen-bond donors (Lipinski definition) is 1. The Hall–Kier alpha value is -0.570. The number of rotatable bonds is 0. The first-order chi connectivity index (χ1) is 5.27. The SMILES string of the molecule is O=C1O[C@@H]2C[C@H]3C[C@@H]2[C@@H]1[C@@H]3O. The van der Waals surface area contributed by atoms with Gasteiger partial charge < -0.3 is 9.84 Å². The fourth-order valence-electron chi connectivity index (χ4n) is 2.95. The predicted octanol–water partition coefficient (Wildman–Crippen LogP) is -0.0713. The largest absolute Gasteiger partial charge is 0.462 e. The lowest BCUT2D eigenvalue weighted by Gasteiger charge is -2.18. The molecule has 0 unspecified atom stereocenters. The minimum atomic E-state index is -0.397. The number of aliphatic hydroxyl groups is 1. The van der Waals surface area contributed by atoms with Gasteiger partial charge in [0.05, 0.1) is 12.0 Å². The minimum Gasteiger partial charge on any atom is -0.462 e. The Morgan fingerprint density at radius 1 is 1.45 bits per heavy atom. The first kappa shape index (κ1) is 6.00. The van der Waals surface area contributed by atoms with Gasteiger partial charge in [-0.15, -0.1) is 0 Å². The van der Waals surface area contributed by atoms with Crippen molar-refractivity contribution in [1.82, 2.24) is 0 Å². The summed E-state index contributed by atoms with van der Waals surface area (Å²) in [6.07, 6.45) is 1.66. The zero-order valence-electron chi connectivity index (χ0n) is 6.06. The van der Waals surface area contributed by atoms with Crippen LogP contribution in [-0.2, 0) is 9.53 Å². The Kier molecular flexibility index (Phi) is 0.876. The third-order valence-electron chi connectivity index (χ3n) is 3.44. The topological polar surface area (TPSA) is 46.5 Å². The summed E-state index contributed by atoms with van der Waals surface area (Å²) in [5.41, 5.74) is 0. The number of aliphatic hydroxyl groups excluding tert-OH is 1. The standard InChI is InChI=1S/C8H10O3/c9-7-3-1-4-5(2-3)11-8(10)6(4)7/h3-7,9H,1-2H2/t3-,4+,5-,6-,7-/m1/s1. The fourth-order valence-corrected chi connectivity index (χ4v) is 2.95. The highest BCUT2D eigenvalue weighted by Gasteiger charge is 2.61. The molecule has 3 aliphatic rings. The van der Waals surface area contributed by atoms with E-state index in [-0.39, 0.29) is 18.0 Å². The zero-order chi connectivity index (χ0) is 7.59. The number of carbonyl (C=O) groups is 1. The molecule has 3 fully saturated rings. The summed E-state index contributed by atoms with van der Waals surface area (Å²) in [5, 5.41) is 9.58. The molecule has 0 aromatic rings. The van der Waals surface area contributed by atoms with Crippen LogP contribution in [0.25, 0.3) is 0 Å². The van der Waals surface area contributed by atoms with E-state index in [0.717, 1.165) is 12.8 Å². The molecule has 0 aromatic carbocycles. The Balaban J connectivity index is 2.05. The number of ether oxygens (including phenoxy) is 1. The average Bonchev–Trinajstić information content (AvgIpc) is 2.47. The molecule has 1 heterocycles. The second-order valence-electron chi connectivity index (χ2n) is 3.89. The van der Waals surface area contributed by atoms with E-state index in [9.17, 15) is 9.90 Å². The average molecular weight is 154 g/mol. The minimum absolute atomic E-state index is 0.154. The van der Waals surface area contributed by atoms with Crippen LogP contribution >= 0.6 is 0 Å². The first-order valence-electron chi connectivity index (χ1n) is 4.16. The molecule has 3 heteroatoms. The lowest BCUT2D eigenvalue weighted by atomic mass is 9.87. The van der Waals surface area contributed by atoms with Gasteiger partial charge in [0.25, 0.3) is 0 Å². The van der Waals surface area contributed by atoms with Gasteiger partial charge in [0.1, 0.15) is 6.10 Å². The second-order valence-corrected chi connectivity index (χ2v) is 3.89. The predicted molar refractivity (Wildman–Crippen MR) is 35.6 cm³/mol. The molecule has 0 amide bonds. The molecule has 1 N–H and O–H groups in total. The summed E-state index contributed by atoms with van der Waals surface area (Å²) in [4.78, 5) is 11.1. The van der Waals surface area contributed by atoms with Crippen LogP contribution in [0.1, 0.15) is 12.8 Å². The van der Waals surface area contributed by atoms with Crippen molar-refractivity contribution >= 4 is 5.97 Å². The Morgan fingerprint density at radius 2 is 2.27 bits per heavy atom. The molecule has 1 saturated heterocycles. The van der Waals surface area contributed by atoms with Crippen molar-refractivity contribution in [3.05, 3.63) is 0 Å². The van der Waals surface area contributed by atoms with Gasteiger partial charge >= 0.3 is 5.97 Å². The fraction of sp³-hybridized carbons (Fsp3) is 0.875. The molecule has 5 atom stereocenters. The van der Waals surface area contributed by atoms with E-state index >= 15 is 0 Å². The molecule has 1 aliphatic heterocycles. The van der Waals surface area contributed by atoms with Crippen LogP contribution < -0.4 is 0 Å². The molecule has 0 aromatic heterocycles. The molecule has 2 saturated carbocycles. The normalized spacial score (nSPS) is 58.6. The van der Waals surface area contributed by atoms with E-state index in [2.05, 4.69) is 0 Å². The highest BCUT2D eigenvalue weighted by Crippen LogP contribution is 2.54. The molecule has 60 valence electrons. The molecule has 2 aliphatic carbocycles. The maximum atomic E-state index is 11.1. The van der Waals surface area contributed by atoms with Gasteiger partial charge in [-0.1, -0.05) is 0 Å². The number of fused-ring (bicyclic) bond motifs is 1. The second kappa shape index (κ2) is 1.61. The van der Waals surface area contributed by atoms with Crippen LogP contribution in [0.5, 0.6) is 0 Å². The molecular formula is C8H10O3.